The lowest BCUT2D eigenvalue weighted by molar-refractivity contribution is -0.104. The number of aldehydes is 1. The van der Waals surface area contributed by atoms with Crippen LogP contribution in [0.25, 0.3) is 0 Å². The molecule has 0 unspecified atom stereocenters. The van der Waals surface area contributed by atoms with E-state index in [0.717, 1.165) is 19.3 Å². The molecule has 0 atom stereocenters. The summed E-state index contributed by atoms with van der Waals surface area (Å²) in [7, 11) is 0. The van der Waals surface area contributed by atoms with Gasteiger partial charge in [-0.15, -0.1) is 6.58 Å². The summed E-state index contributed by atoms with van der Waals surface area (Å²) in [6.07, 6.45) is 15.0. The van der Waals surface area contributed by atoms with Gasteiger partial charge >= 0.3 is 0 Å². The first-order valence-electron chi connectivity index (χ1n) is 5.76. The third-order valence-electron chi connectivity index (χ3n) is 1.90. The Bertz CT molecular complexity index is 377. The maximum absolute atomic E-state index is 9.90. The van der Waals surface area contributed by atoms with Gasteiger partial charge in [0.1, 0.15) is 6.29 Å². The molecular formula is C16H18O. The SMILES string of the molecule is C=CCCCCC=CCC#CC#CC=CC=O. The number of carbonyl (C=O) groups is 1. The molecular weight excluding hydrogens is 208 g/mol. The highest BCUT2D eigenvalue weighted by molar-refractivity contribution is 5.65. The summed E-state index contributed by atoms with van der Waals surface area (Å²) in [5.41, 5.74) is 0. The second-order valence-corrected chi connectivity index (χ2v) is 3.31. The van der Waals surface area contributed by atoms with Crippen LogP contribution in [-0.2, 0) is 4.79 Å². The Morgan fingerprint density at radius 2 is 1.88 bits per heavy atom. The molecule has 88 valence electrons. The van der Waals surface area contributed by atoms with E-state index in [0.29, 0.717) is 6.29 Å². The Kier molecular flexibility index (Phi) is 12.4. The maximum Gasteiger partial charge on any atom is 0.143 e. The Morgan fingerprint density at radius 1 is 1.06 bits per heavy atom. The Labute approximate surface area is 104 Å². The zero-order chi connectivity index (χ0) is 12.6. The summed E-state index contributed by atoms with van der Waals surface area (Å²) in [6.45, 7) is 3.68. The van der Waals surface area contributed by atoms with Crippen LogP contribution in [0.2, 0.25) is 0 Å². The number of allylic oxidation sites excluding steroid dienone is 5. The highest BCUT2D eigenvalue weighted by atomic mass is 16.1. The first-order chi connectivity index (χ1) is 8.41. The first-order valence-corrected chi connectivity index (χ1v) is 5.76. The minimum Gasteiger partial charge on any atom is -0.299 e. The summed E-state index contributed by atoms with van der Waals surface area (Å²) in [6, 6.07) is 0. The second kappa shape index (κ2) is 14.0. The smallest absolute Gasteiger partial charge is 0.143 e. The molecule has 17 heavy (non-hydrogen) atoms. The van der Waals surface area contributed by atoms with Crippen LogP contribution in [0.1, 0.15) is 32.1 Å². The fourth-order valence-electron chi connectivity index (χ4n) is 1.07. The third-order valence-corrected chi connectivity index (χ3v) is 1.90. The topological polar surface area (TPSA) is 17.1 Å². The van der Waals surface area contributed by atoms with Crippen LogP contribution in [-0.4, -0.2) is 6.29 Å². The zero-order valence-electron chi connectivity index (χ0n) is 10.1. The second-order valence-electron chi connectivity index (χ2n) is 3.31. The van der Waals surface area contributed by atoms with Crippen LogP contribution in [0.4, 0.5) is 0 Å². The number of rotatable bonds is 7. The summed E-state index contributed by atoms with van der Waals surface area (Å²) < 4.78 is 0. The molecule has 0 radical (unpaired) electrons. The monoisotopic (exact) mass is 226 g/mol. The summed E-state index contributed by atoms with van der Waals surface area (Å²) in [5.74, 6) is 10.9. The molecule has 1 nitrogen and oxygen atoms in total. The van der Waals surface area contributed by atoms with Gasteiger partial charge in [0.15, 0.2) is 0 Å². The molecule has 0 aromatic rings. The van der Waals surface area contributed by atoms with Crippen LogP contribution >= 0.6 is 0 Å². The van der Waals surface area contributed by atoms with Gasteiger partial charge in [-0.25, -0.2) is 0 Å². The van der Waals surface area contributed by atoms with E-state index in [-0.39, 0.29) is 0 Å². The van der Waals surface area contributed by atoms with E-state index < -0.39 is 0 Å². The van der Waals surface area contributed by atoms with Crippen LogP contribution in [0.15, 0.2) is 37.0 Å². The first kappa shape index (κ1) is 15.0. The summed E-state index contributed by atoms with van der Waals surface area (Å²) in [4.78, 5) is 9.90. The molecule has 1 heteroatoms. The molecule has 0 rings (SSSR count). The minimum atomic E-state index is 0.692. The molecule has 0 amide bonds. The lowest BCUT2D eigenvalue weighted by Gasteiger charge is -1.90. The van der Waals surface area contributed by atoms with E-state index in [1.807, 2.05) is 6.08 Å². The van der Waals surface area contributed by atoms with E-state index in [2.05, 4.69) is 42.4 Å². The normalized spacial score (nSPS) is 9.41. The highest BCUT2D eigenvalue weighted by Crippen LogP contribution is 2.00. The van der Waals surface area contributed by atoms with Crippen molar-refractivity contribution in [2.75, 3.05) is 0 Å². The fourth-order valence-corrected chi connectivity index (χ4v) is 1.07. The summed E-state index contributed by atoms with van der Waals surface area (Å²) in [5, 5.41) is 0. The summed E-state index contributed by atoms with van der Waals surface area (Å²) >= 11 is 0. The van der Waals surface area contributed by atoms with Gasteiger partial charge in [0.2, 0.25) is 0 Å². The Balaban J connectivity index is 3.54. The van der Waals surface area contributed by atoms with Crippen molar-refractivity contribution in [3.05, 3.63) is 37.0 Å². The molecule has 0 aliphatic rings. The van der Waals surface area contributed by atoms with Gasteiger partial charge in [0, 0.05) is 6.42 Å². The standard InChI is InChI=1S/C16H18O/c1-2-3-4-5-6-7-8-9-10-11-12-13-14-15-16-17/h2,7-8,14-16H,1,3-6,9H2. The highest BCUT2D eigenvalue weighted by Gasteiger charge is 1.81. The Hall–Kier alpha value is -1.99. The fraction of sp³-hybridized carbons (Fsp3) is 0.312. The van der Waals surface area contributed by atoms with Crippen molar-refractivity contribution in [2.24, 2.45) is 0 Å². The maximum atomic E-state index is 9.90. The molecule has 0 aliphatic carbocycles. The van der Waals surface area contributed by atoms with Gasteiger partial charge in [0.05, 0.1) is 0 Å². The predicted molar refractivity (Wildman–Crippen MR) is 73.2 cm³/mol. The lowest BCUT2D eigenvalue weighted by atomic mass is 10.2. The molecule has 0 saturated carbocycles. The molecule has 0 aromatic carbocycles. The van der Waals surface area contributed by atoms with E-state index in [9.17, 15) is 4.79 Å². The van der Waals surface area contributed by atoms with E-state index in [1.165, 1.54) is 25.0 Å². The van der Waals surface area contributed by atoms with Crippen LogP contribution < -0.4 is 0 Å². The molecule has 0 aliphatic heterocycles. The predicted octanol–water partition coefficient (Wildman–Crippen LogP) is 3.44. The van der Waals surface area contributed by atoms with Gasteiger partial charge in [-0.2, -0.15) is 0 Å². The van der Waals surface area contributed by atoms with Crippen molar-refractivity contribution in [1.82, 2.24) is 0 Å². The van der Waals surface area contributed by atoms with Gasteiger partial charge in [-0.05, 0) is 49.7 Å². The van der Waals surface area contributed by atoms with Crippen molar-refractivity contribution < 1.29 is 4.79 Å². The quantitative estimate of drug-likeness (QED) is 0.214. The Morgan fingerprint density at radius 3 is 2.65 bits per heavy atom. The van der Waals surface area contributed by atoms with Crippen LogP contribution in [0.5, 0.6) is 0 Å². The van der Waals surface area contributed by atoms with Crippen molar-refractivity contribution in [1.29, 1.82) is 0 Å². The molecule has 0 N–H and O–H groups in total. The largest absolute Gasteiger partial charge is 0.299 e. The molecule has 0 spiro atoms. The molecule has 0 aromatic heterocycles. The number of hydrogen-bond acceptors (Lipinski definition) is 1. The average Bonchev–Trinajstić information content (AvgIpc) is 2.35. The molecule has 0 saturated heterocycles. The minimum absolute atomic E-state index is 0.692. The molecule has 0 bridgehead atoms. The van der Waals surface area contributed by atoms with Crippen molar-refractivity contribution in [2.45, 2.75) is 32.1 Å². The number of unbranched alkanes of at least 4 members (excludes halogenated alkanes) is 3. The number of carbonyl (C=O) groups excluding carboxylic acids is 1. The molecule has 0 heterocycles. The van der Waals surface area contributed by atoms with Gasteiger partial charge < -0.3 is 0 Å². The van der Waals surface area contributed by atoms with Gasteiger partial charge in [-0.3, -0.25) is 4.79 Å². The van der Waals surface area contributed by atoms with Crippen molar-refractivity contribution in [3.63, 3.8) is 0 Å². The van der Waals surface area contributed by atoms with E-state index in [1.54, 1.807) is 0 Å². The number of hydrogen-bond donors (Lipinski definition) is 0. The zero-order valence-corrected chi connectivity index (χ0v) is 10.1. The van der Waals surface area contributed by atoms with E-state index >= 15 is 0 Å². The third kappa shape index (κ3) is 14.0. The van der Waals surface area contributed by atoms with Crippen LogP contribution in [0.3, 0.4) is 0 Å². The van der Waals surface area contributed by atoms with E-state index in [4.69, 9.17) is 0 Å². The lowest BCUT2D eigenvalue weighted by Crippen LogP contribution is -1.71. The van der Waals surface area contributed by atoms with Gasteiger partial charge in [-0.1, -0.05) is 30.1 Å². The molecule has 0 fully saturated rings. The average molecular weight is 226 g/mol. The van der Waals surface area contributed by atoms with Gasteiger partial charge in [0.25, 0.3) is 0 Å². The van der Waals surface area contributed by atoms with Crippen molar-refractivity contribution in [3.8, 4) is 23.7 Å². The van der Waals surface area contributed by atoms with Crippen molar-refractivity contribution >= 4 is 6.29 Å². The van der Waals surface area contributed by atoms with Crippen LogP contribution in [0, 0.1) is 23.7 Å².